The molecule has 0 fully saturated rings. The first kappa shape index (κ1) is 18.4. The molecule has 1 aliphatic heterocycles. The maximum atomic E-state index is 12.5. The van der Waals surface area contributed by atoms with Crippen LogP contribution in [0.5, 0.6) is 5.75 Å². The van der Waals surface area contributed by atoms with Crippen LogP contribution in [0.2, 0.25) is 0 Å². The average molecular weight is 368 g/mol. The van der Waals surface area contributed by atoms with Crippen molar-refractivity contribution in [2.24, 2.45) is 0 Å². The number of fused-ring (bicyclic) bond motifs is 1. The molecule has 0 unspecified atom stereocenters. The van der Waals surface area contributed by atoms with E-state index in [1.807, 2.05) is 6.07 Å². The molecular formula is C20H20N2O5. The maximum Gasteiger partial charge on any atom is 0.347 e. The van der Waals surface area contributed by atoms with Crippen LogP contribution in [0.3, 0.4) is 0 Å². The van der Waals surface area contributed by atoms with Crippen LogP contribution in [-0.4, -0.2) is 37.0 Å². The van der Waals surface area contributed by atoms with Gasteiger partial charge in [0.2, 0.25) is 5.91 Å². The molecule has 7 heteroatoms. The number of anilines is 2. The second-order valence-electron chi connectivity index (χ2n) is 5.98. The highest BCUT2D eigenvalue weighted by molar-refractivity contribution is 6.10. The highest BCUT2D eigenvalue weighted by atomic mass is 16.6. The summed E-state index contributed by atoms with van der Waals surface area (Å²) in [6, 6.07) is 15.9. The summed E-state index contributed by atoms with van der Waals surface area (Å²) < 4.78 is 10.8. The lowest BCUT2D eigenvalue weighted by Crippen LogP contribution is -2.44. The molecule has 1 atom stereocenters. The predicted octanol–water partition coefficient (Wildman–Crippen LogP) is 2.37. The highest BCUT2D eigenvalue weighted by Crippen LogP contribution is 2.28. The first-order valence-electron chi connectivity index (χ1n) is 8.66. The standard InChI is InChI=1S/C20H20N2O5/c1-2-17(27-14-8-4-3-5-9-14)20(25)26-13-19(24)22-12-18(23)21-15-10-6-7-11-16(15)22/h3-11,17H,2,12-13H2,1H3,(H,21,23)/t17-/m1/s1. The Bertz CT molecular complexity index is 837. The molecule has 0 aromatic heterocycles. The van der Waals surface area contributed by atoms with Crippen molar-refractivity contribution in [1.82, 2.24) is 0 Å². The van der Waals surface area contributed by atoms with Crippen molar-refractivity contribution in [2.75, 3.05) is 23.4 Å². The minimum Gasteiger partial charge on any atom is -0.479 e. The lowest BCUT2D eigenvalue weighted by atomic mass is 10.2. The molecule has 7 nitrogen and oxygen atoms in total. The largest absolute Gasteiger partial charge is 0.479 e. The SMILES string of the molecule is CC[C@@H](Oc1ccccc1)C(=O)OCC(=O)N1CC(=O)Nc2ccccc21. The summed E-state index contributed by atoms with van der Waals surface area (Å²) in [6.07, 6.45) is -0.409. The summed E-state index contributed by atoms with van der Waals surface area (Å²) in [5, 5.41) is 2.70. The Labute approximate surface area is 156 Å². The van der Waals surface area contributed by atoms with E-state index in [1.165, 1.54) is 4.90 Å². The molecule has 2 aromatic rings. The van der Waals surface area contributed by atoms with Gasteiger partial charge in [-0.15, -0.1) is 0 Å². The number of hydrogen-bond donors (Lipinski definition) is 1. The Balaban J connectivity index is 1.61. The highest BCUT2D eigenvalue weighted by Gasteiger charge is 2.28. The van der Waals surface area contributed by atoms with Crippen molar-refractivity contribution in [3.05, 3.63) is 54.6 Å². The number of rotatable bonds is 6. The van der Waals surface area contributed by atoms with Gasteiger partial charge in [-0.3, -0.25) is 14.5 Å². The van der Waals surface area contributed by atoms with E-state index < -0.39 is 24.6 Å². The molecule has 140 valence electrons. The predicted molar refractivity (Wildman–Crippen MR) is 99.5 cm³/mol. The lowest BCUT2D eigenvalue weighted by molar-refractivity contribution is -0.155. The zero-order valence-electron chi connectivity index (χ0n) is 14.9. The maximum absolute atomic E-state index is 12.5. The molecule has 2 aromatic carbocycles. The van der Waals surface area contributed by atoms with Gasteiger partial charge in [0.1, 0.15) is 12.3 Å². The fraction of sp³-hybridized carbons (Fsp3) is 0.250. The molecular weight excluding hydrogens is 348 g/mol. The third-order valence-corrected chi connectivity index (χ3v) is 4.06. The summed E-state index contributed by atoms with van der Waals surface area (Å²) in [5.74, 6) is -0.842. The number of amides is 2. The Kier molecular flexibility index (Phi) is 5.71. The Morgan fingerprint density at radius 2 is 1.81 bits per heavy atom. The molecule has 0 aliphatic carbocycles. The number of esters is 1. The van der Waals surface area contributed by atoms with E-state index in [4.69, 9.17) is 9.47 Å². The summed E-state index contributed by atoms with van der Waals surface area (Å²) in [4.78, 5) is 37.9. The van der Waals surface area contributed by atoms with Crippen LogP contribution < -0.4 is 15.0 Å². The first-order chi connectivity index (χ1) is 13.1. The number of carbonyl (C=O) groups excluding carboxylic acids is 3. The van der Waals surface area contributed by atoms with Crippen LogP contribution in [-0.2, 0) is 19.1 Å². The van der Waals surface area contributed by atoms with Crippen LogP contribution in [0.4, 0.5) is 11.4 Å². The first-order valence-corrected chi connectivity index (χ1v) is 8.66. The second-order valence-corrected chi connectivity index (χ2v) is 5.98. The van der Waals surface area contributed by atoms with Crippen molar-refractivity contribution < 1.29 is 23.9 Å². The number of nitrogens with one attached hydrogen (secondary N) is 1. The summed E-state index contributed by atoms with van der Waals surface area (Å²) in [5.41, 5.74) is 1.12. The number of carbonyl (C=O) groups is 3. The fourth-order valence-electron chi connectivity index (χ4n) is 2.72. The minimum atomic E-state index is -0.808. The number of hydrogen-bond acceptors (Lipinski definition) is 5. The normalized spacial score (nSPS) is 14.0. The Morgan fingerprint density at radius 1 is 1.11 bits per heavy atom. The summed E-state index contributed by atoms with van der Waals surface area (Å²) >= 11 is 0. The minimum absolute atomic E-state index is 0.120. The fourth-order valence-corrected chi connectivity index (χ4v) is 2.72. The van der Waals surface area contributed by atoms with Crippen molar-refractivity contribution in [3.63, 3.8) is 0 Å². The van der Waals surface area contributed by atoms with E-state index in [1.54, 1.807) is 55.5 Å². The lowest BCUT2D eigenvalue weighted by Gasteiger charge is -2.29. The topological polar surface area (TPSA) is 84.9 Å². The molecule has 3 rings (SSSR count). The average Bonchev–Trinajstić information content (AvgIpc) is 2.70. The van der Waals surface area contributed by atoms with E-state index in [-0.39, 0.29) is 12.5 Å². The molecule has 0 bridgehead atoms. The van der Waals surface area contributed by atoms with Crippen LogP contribution in [0.1, 0.15) is 13.3 Å². The van der Waals surface area contributed by atoms with E-state index in [0.29, 0.717) is 23.5 Å². The van der Waals surface area contributed by atoms with Crippen molar-refractivity contribution in [2.45, 2.75) is 19.4 Å². The quantitative estimate of drug-likeness (QED) is 0.792. The number of benzene rings is 2. The van der Waals surface area contributed by atoms with Crippen LogP contribution in [0.15, 0.2) is 54.6 Å². The van der Waals surface area contributed by atoms with Gasteiger partial charge >= 0.3 is 5.97 Å². The molecule has 0 spiro atoms. The van der Waals surface area contributed by atoms with Gasteiger partial charge in [0.15, 0.2) is 12.7 Å². The van der Waals surface area contributed by atoms with E-state index >= 15 is 0 Å². The van der Waals surface area contributed by atoms with Gasteiger partial charge in [-0.2, -0.15) is 0 Å². The van der Waals surface area contributed by atoms with E-state index in [2.05, 4.69) is 5.32 Å². The van der Waals surface area contributed by atoms with Crippen molar-refractivity contribution in [1.29, 1.82) is 0 Å². The van der Waals surface area contributed by atoms with Crippen molar-refractivity contribution in [3.8, 4) is 5.75 Å². The molecule has 1 heterocycles. The van der Waals surface area contributed by atoms with Gasteiger partial charge in [0.25, 0.3) is 5.91 Å². The number of ether oxygens (including phenoxy) is 2. The van der Waals surface area contributed by atoms with Crippen LogP contribution in [0, 0.1) is 0 Å². The third-order valence-electron chi connectivity index (χ3n) is 4.06. The zero-order valence-corrected chi connectivity index (χ0v) is 14.9. The molecule has 0 saturated carbocycles. The van der Waals surface area contributed by atoms with E-state index in [0.717, 1.165) is 0 Å². The zero-order chi connectivity index (χ0) is 19.2. The molecule has 1 aliphatic rings. The molecule has 0 radical (unpaired) electrons. The third kappa shape index (κ3) is 4.44. The molecule has 27 heavy (non-hydrogen) atoms. The van der Waals surface area contributed by atoms with Gasteiger partial charge in [-0.1, -0.05) is 37.3 Å². The van der Waals surface area contributed by atoms with Gasteiger partial charge in [0.05, 0.1) is 11.4 Å². The molecule has 2 amide bonds. The van der Waals surface area contributed by atoms with Gasteiger partial charge in [0, 0.05) is 0 Å². The summed E-state index contributed by atoms with van der Waals surface area (Å²) in [7, 11) is 0. The summed E-state index contributed by atoms with van der Waals surface area (Å²) in [6.45, 7) is 1.21. The van der Waals surface area contributed by atoms with Crippen LogP contribution in [0.25, 0.3) is 0 Å². The monoisotopic (exact) mass is 368 g/mol. The Morgan fingerprint density at radius 3 is 2.56 bits per heavy atom. The van der Waals surface area contributed by atoms with Crippen molar-refractivity contribution >= 4 is 29.2 Å². The number of nitrogens with zero attached hydrogens (tertiary/aromatic N) is 1. The smallest absolute Gasteiger partial charge is 0.347 e. The van der Waals surface area contributed by atoms with Gasteiger partial charge in [-0.25, -0.2) is 4.79 Å². The van der Waals surface area contributed by atoms with Crippen LogP contribution >= 0.6 is 0 Å². The van der Waals surface area contributed by atoms with Gasteiger partial charge in [-0.05, 0) is 30.7 Å². The molecule has 0 saturated heterocycles. The van der Waals surface area contributed by atoms with E-state index in [9.17, 15) is 14.4 Å². The second kappa shape index (κ2) is 8.35. The Hall–Kier alpha value is -3.35. The number of para-hydroxylation sites is 3. The van der Waals surface area contributed by atoms with Gasteiger partial charge < -0.3 is 14.8 Å². The molecule has 1 N–H and O–H groups in total.